The van der Waals surface area contributed by atoms with Gasteiger partial charge in [0, 0.05) is 5.56 Å². The first kappa shape index (κ1) is 22.3. The van der Waals surface area contributed by atoms with Crippen LogP contribution in [-0.4, -0.2) is 27.1 Å². The zero-order chi connectivity index (χ0) is 22.3. The van der Waals surface area contributed by atoms with Crippen molar-refractivity contribution in [3.8, 4) is 11.5 Å². The lowest BCUT2D eigenvalue weighted by Crippen LogP contribution is -2.17. The van der Waals surface area contributed by atoms with Crippen LogP contribution in [0.5, 0.6) is 11.5 Å². The van der Waals surface area contributed by atoms with Crippen LogP contribution in [0, 0.1) is 0 Å². The molecule has 0 aromatic heterocycles. The standard InChI is InChI=1S/C22H19ClN2O5S/c1-2-29-20-14-16(15-24-25-22(26)17-9-5-3-6-10-17)13-19(23)21(20)30-31(27,28)18-11-7-4-8-12-18/h3-15H,2H2,1H3,(H,25,26)/b24-15-. The minimum atomic E-state index is -4.10. The summed E-state index contributed by atoms with van der Waals surface area (Å²) in [6, 6.07) is 19.3. The monoisotopic (exact) mass is 458 g/mol. The van der Waals surface area contributed by atoms with Crippen molar-refractivity contribution >= 4 is 33.8 Å². The quantitative estimate of drug-likeness (QED) is 0.309. The maximum atomic E-state index is 12.6. The van der Waals surface area contributed by atoms with E-state index >= 15 is 0 Å². The van der Waals surface area contributed by atoms with Gasteiger partial charge < -0.3 is 8.92 Å². The lowest BCUT2D eigenvalue weighted by atomic mass is 10.2. The SMILES string of the molecule is CCOc1cc(/C=N\NC(=O)c2ccccc2)cc(Cl)c1OS(=O)(=O)c1ccccc1. The number of hydrogen-bond acceptors (Lipinski definition) is 6. The van der Waals surface area contributed by atoms with Crippen LogP contribution in [0.4, 0.5) is 0 Å². The van der Waals surface area contributed by atoms with Crippen molar-refractivity contribution < 1.29 is 22.1 Å². The Kier molecular flexibility index (Phi) is 7.28. The number of carbonyl (C=O) groups excluding carboxylic acids is 1. The first-order valence-corrected chi connectivity index (χ1v) is 11.0. The van der Waals surface area contributed by atoms with E-state index in [1.807, 2.05) is 0 Å². The number of amides is 1. The van der Waals surface area contributed by atoms with Gasteiger partial charge in [0.1, 0.15) is 4.90 Å². The summed E-state index contributed by atoms with van der Waals surface area (Å²) in [6.45, 7) is 1.99. The third-order valence-electron chi connectivity index (χ3n) is 3.97. The molecule has 0 fully saturated rings. The maximum absolute atomic E-state index is 12.6. The number of hydrogen-bond donors (Lipinski definition) is 1. The van der Waals surface area contributed by atoms with Crippen LogP contribution in [-0.2, 0) is 10.1 Å². The highest BCUT2D eigenvalue weighted by Gasteiger charge is 2.22. The van der Waals surface area contributed by atoms with Gasteiger partial charge in [-0.15, -0.1) is 0 Å². The third kappa shape index (κ3) is 5.84. The van der Waals surface area contributed by atoms with Crippen molar-refractivity contribution in [3.05, 3.63) is 88.9 Å². The van der Waals surface area contributed by atoms with Crippen molar-refractivity contribution in [1.29, 1.82) is 0 Å². The minimum absolute atomic E-state index is 0.0113. The fourth-order valence-corrected chi connectivity index (χ4v) is 3.85. The van der Waals surface area contributed by atoms with Crippen LogP contribution >= 0.6 is 11.6 Å². The van der Waals surface area contributed by atoms with E-state index < -0.39 is 10.1 Å². The first-order chi connectivity index (χ1) is 14.9. The second-order valence-electron chi connectivity index (χ2n) is 6.18. The summed E-state index contributed by atoms with van der Waals surface area (Å²) < 4.78 is 35.9. The van der Waals surface area contributed by atoms with Gasteiger partial charge in [0.25, 0.3) is 5.91 Å². The predicted octanol–water partition coefficient (Wildman–Crippen LogP) is 4.27. The van der Waals surface area contributed by atoms with E-state index in [0.717, 1.165) is 0 Å². The van der Waals surface area contributed by atoms with E-state index in [9.17, 15) is 13.2 Å². The van der Waals surface area contributed by atoms with Gasteiger partial charge in [0.15, 0.2) is 5.75 Å². The predicted molar refractivity (Wildman–Crippen MR) is 118 cm³/mol. The van der Waals surface area contributed by atoms with Gasteiger partial charge >= 0.3 is 10.1 Å². The number of carbonyl (C=O) groups is 1. The molecule has 3 rings (SSSR count). The number of ether oxygens (including phenoxy) is 1. The molecular formula is C22H19ClN2O5S. The van der Waals surface area contributed by atoms with E-state index in [1.54, 1.807) is 55.5 Å². The van der Waals surface area contributed by atoms with Crippen molar-refractivity contribution in [1.82, 2.24) is 5.43 Å². The molecule has 0 atom stereocenters. The fraction of sp³-hybridized carbons (Fsp3) is 0.0909. The fourth-order valence-electron chi connectivity index (χ4n) is 2.57. The number of nitrogens with one attached hydrogen (secondary N) is 1. The second-order valence-corrected chi connectivity index (χ2v) is 8.13. The molecule has 3 aromatic rings. The van der Waals surface area contributed by atoms with Crippen LogP contribution in [0.3, 0.4) is 0 Å². The summed E-state index contributed by atoms with van der Waals surface area (Å²) in [7, 11) is -4.10. The molecule has 0 saturated heterocycles. The van der Waals surface area contributed by atoms with E-state index in [4.69, 9.17) is 20.5 Å². The number of hydrazone groups is 1. The van der Waals surface area contributed by atoms with E-state index in [1.165, 1.54) is 30.5 Å². The summed E-state index contributed by atoms with van der Waals surface area (Å²) in [5.41, 5.74) is 3.35. The topological polar surface area (TPSA) is 94.1 Å². The Hall–Kier alpha value is -3.36. The molecule has 160 valence electrons. The molecule has 0 aliphatic heterocycles. The Morgan fingerprint density at radius 2 is 1.71 bits per heavy atom. The van der Waals surface area contributed by atoms with E-state index in [2.05, 4.69) is 10.5 Å². The normalized spacial score (nSPS) is 11.3. The average Bonchev–Trinajstić information content (AvgIpc) is 2.77. The van der Waals surface area contributed by atoms with Crippen molar-refractivity contribution in [2.24, 2.45) is 5.10 Å². The van der Waals surface area contributed by atoms with E-state index in [-0.39, 0.29) is 33.9 Å². The Morgan fingerprint density at radius 1 is 1.06 bits per heavy atom. The lowest BCUT2D eigenvalue weighted by Gasteiger charge is -2.14. The van der Waals surface area contributed by atoms with Gasteiger partial charge in [-0.05, 0) is 48.9 Å². The molecule has 0 saturated carbocycles. The van der Waals surface area contributed by atoms with Crippen molar-refractivity contribution in [3.63, 3.8) is 0 Å². The first-order valence-electron chi connectivity index (χ1n) is 9.25. The molecule has 0 aliphatic rings. The zero-order valence-corrected chi connectivity index (χ0v) is 18.1. The molecule has 0 aliphatic carbocycles. The number of halogens is 1. The van der Waals surface area contributed by atoms with Crippen molar-refractivity contribution in [2.45, 2.75) is 11.8 Å². The largest absolute Gasteiger partial charge is 0.490 e. The molecule has 9 heteroatoms. The summed E-state index contributed by atoms with van der Waals surface area (Å²) in [5.74, 6) is -0.370. The van der Waals surface area contributed by atoms with Crippen LogP contribution in [0.25, 0.3) is 0 Å². The molecule has 7 nitrogen and oxygen atoms in total. The summed E-state index contributed by atoms with van der Waals surface area (Å²) in [6.07, 6.45) is 1.37. The third-order valence-corrected chi connectivity index (χ3v) is 5.49. The van der Waals surface area contributed by atoms with Gasteiger partial charge in [-0.1, -0.05) is 48.0 Å². The molecule has 0 unspecified atom stereocenters. The minimum Gasteiger partial charge on any atom is -0.490 e. The summed E-state index contributed by atoms with van der Waals surface area (Å²) in [4.78, 5) is 12.0. The van der Waals surface area contributed by atoms with Crippen LogP contribution in [0.1, 0.15) is 22.8 Å². The average molecular weight is 459 g/mol. The molecule has 1 N–H and O–H groups in total. The highest BCUT2D eigenvalue weighted by atomic mass is 35.5. The number of nitrogens with zero attached hydrogens (tertiary/aromatic N) is 1. The van der Waals surface area contributed by atoms with Crippen molar-refractivity contribution in [2.75, 3.05) is 6.61 Å². The van der Waals surface area contributed by atoms with Crippen LogP contribution < -0.4 is 14.3 Å². The molecule has 0 radical (unpaired) electrons. The van der Waals surface area contributed by atoms with Gasteiger partial charge in [-0.2, -0.15) is 13.5 Å². The van der Waals surface area contributed by atoms with Gasteiger partial charge in [0.2, 0.25) is 5.75 Å². The molecule has 0 spiro atoms. The molecular weight excluding hydrogens is 440 g/mol. The molecule has 0 heterocycles. The van der Waals surface area contributed by atoms with Crippen LogP contribution in [0.15, 0.2) is 82.8 Å². The second kappa shape index (κ2) is 10.1. The maximum Gasteiger partial charge on any atom is 0.339 e. The van der Waals surface area contributed by atoms with Gasteiger partial charge in [-0.3, -0.25) is 4.79 Å². The number of rotatable bonds is 8. The number of benzene rings is 3. The highest BCUT2D eigenvalue weighted by molar-refractivity contribution is 7.87. The van der Waals surface area contributed by atoms with Gasteiger partial charge in [-0.25, -0.2) is 5.43 Å². The highest BCUT2D eigenvalue weighted by Crippen LogP contribution is 2.38. The smallest absolute Gasteiger partial charge is 0.339 e. The van der Waals surface area contributed by atoms with Crippen LogP contribution in [0.2, 0.25) is 5.02 Å². The molecule has 1 amide bonds. The molecule has 0 bridgehead atoms. The Balaban J connectivity index is 1.82. The Morgan fingerprint density at radius 3 is 2.35 bits per heavy atom. The Labute approximate surface area is 185 Å². The van der Waals surface area contributed by atoms with Gasteiger partial charge in [0.05, 0.1) is 17.8 Å². The summed E-state index contributed by atoms with van der Waals surface area (Å²) in [5, 5.41) is 3.93. The molecule has 3 aromatic carbocycles. The lowest BCUT2D eigenvalue weighted by molar-refractivity contribution is 0.0955. The van der Waals surface area contributed by atoms with E-state index in [0.29, 0.717) is 11.1 Å². The summed E-state index contributed by atoms with van der Waals surface area (Å²) >= 11 is 6.28. The molecule has 31 heavy (non-hydrogen) atoms. The Bertz CT molecular complexity index is 1180. The zero-order valence-electron chi connectivity index (χ0n) is 16.5.